The molecule has 1 aliphatic rings. The third-order valence-corrected chi connectivity index (χ3v) is 5.41. The van der Waals surface area contributed by atoms with E-state index in [2.05, 4.69) is 54.2 Å². The highest BCUT2D eigenvalue weighted by Crippen LogP contribution is 2.34. The summed E-state index contributed by atoms with van der Waals surface area (Å²) in [6.07, 6.45) is 5.43. The molecule has 27 heavy (non-hydrogen) atoms. The van der Waals surface area contributed by atoms with Crippen LogP contribution in [0, 0.1) is 31.1 Å². The van der Waals surface area contributed by atoms with E-state index in [1.54, 1.807) is 6.20 Å². The topological polar surface area (TPSA) is 69.0 Å². The first kappa shape index (κ1) is 19.2. The molecule has 1 N–H and O–H groups in total. The summed E-state index contributed by atoms with van der Waals surface area (Å²) in [7, 11) is 0. The molecule has 3 rings (SSSR count). The summed E-state index contributed by atoms with van der Waals surface area (Å²) >= 11 is 0. The van der Waals surface area contributed by atoms with E-state index in [4.69, 9.17) is 0 Å². The smallest absolute Gasteiger partial charge is 0.223 e. The fourth-order valence-corrected chi connectivity index (χ4v) is 3.97. The van der Waals surface area contributed by atoms with Gasteiger partial charge in [0.25, 0.3) is 0 Å². The molecule has 1 amide bonds. The van der Waals surface area contributed by atoms with Gasteiger partial charge in [-0.3, -0.25) is 9.78 Å². The highest BCUT2D eigenvalue weighted by Gasteiger charge is 2.27. The summed E-state index contributed by atoms with van der Waals surface area (Å²) in [6, 6.07) is 6.55. The number of nitrogens with zero attached hydrogens (tertiary/aromatic N) is 3. The second-order valence-corrected chi connectivity index (χ2v) is 7.52. The standard InChI is InChI=1S/C22H28N4O/c1-4-5-8-24-22(27)17-6-9-26(10-7-17)21-18(13-23)14-25-20-16(3)11-15(2)12-19(20)21/h11-12,14,17H,4-10H2,1-3H3,(H,24,27). The van der Waals surface area contributed by atoms with Crippen molar-refractivity contribution >= 4 is 22.5 Å². The third kappa shape index (κ3) is 4.05. The molecular formula is C22H28N4O. The summed E-state index contributed by atoms with van der Waals surface area (Å²) in [6.45, 7) is 8.59. The molecule has 1 saturated heterocycles. The van der Waals surface area contributed by atoms with Gasteiger partial charge in [0.2, 0.25) is 5.91 Å². The molecule has 0 atom stereocenters. The summed E-state index contributed by atoms with van der Waals surface area (Å²) in [5.41, 5.74) is 4.83. The van der Waals surface area contributed by atoms with Crippen molar-refractivity contribution < 1.29 is 4.79 Å². The Labute approximate surface area is 161 Å². The molecule has 0 bridgehead atoms. The van der Waals surface area contributed by atoms with Gasteiger partial charge in [0.15, 0.2) is 0 Å². The molecule has 1 aromatic carbocycles. The van der Waals surface area contributed by atoms with Gasteiger partial charge in [-0.15, -0.1) is 0 Å². The quantitative estimate of drug-likeness (QED) is 0.818. The maximum Gasteiger partial charge on any atom is 0.223 e. The van der Waals surface area contributed by atoms with Crippen LogP contribution in [0.1, 0.15) is 49.3 Å². The Morgan fingerprint density at radius 3 is 2.74 bits per heavy atom. The van der Waals surface area contributed by atoms with Gasteiger partial charge >= 0.3 is 0 Å². The number of hydrogen-bond donors (Lipinski definition) is 1. The van der Waals surface area contributed by atoms with Crippen LogP contribution in [-0.2, 0) is 4.79 Å². The molecule has 0 aliphatic carbocycles. The Balaban J connectivity index is 1.83. The number of piperidine rings is 1. The van der Waals surface area contributed by atoms with E-state index >= 15 is 0 Å². The predicted octanol–water partition coefficient (Wildman–Crippen LogP) is 3.86. The molecule has 2 aromatic rings. The van der Waals surface area contributed by atoms with E-state index in [0.717, 1.165) is 67.5 Å². The molecule has 142 valence electrons. The lowest BCUT2D eigenvalue weighted by molar-refractivity contribution is -0.125. The molecule has 2 heterocycles. The number of aromatic nitrogens is 1. The average Bonchev–Trinajstić information content (AvgIpc) is 2.67. The number of nitrogens with one attached hydrogen (secondary N) is 1. The average molecular weight is 364 g/mol. The van der Waals surface area contributed by atoms with Gasteiger partial charge in [0.1, 0.15) is 6.07 Å². The Bertz CT molecular complexity index is 876. The van der Waals surface area contributed by atoms with Crippen LogP contribution < -0.4 is 10.2 Å². The van der Waals surface area contributed by atoms with Crippen LogP contribution in [0.15, 0.2) is 18.3 Å². The molecule has 0 saturated carbocycles. The number of carbonyl (C=O) groups excluding carboxylic acids is 1. The highest BCUT2D eigenvalue weighted by molar-refractivity contribution is 5.96. The van der Waals surface area contributed by atoms with Gasteiger partial charge in [-0.05, 0) is 44.7 Å². The number of unbranched alkanes of at least 4 members (excludes halogenated alkanes) is 1. The predicted molar refractivity (Wildman–Crippen MR) is 109 cm³/mol. The highest BCUT2D eigenvalue weighted by atomic mass is 16.1. The number of fused-ring (bicyclic) bond motifs is 1. The zero-order chi connectivity index (χ0) is 19.4. The third-order valence-electron chi connectivity index (χ3n) is 5.41. The van der Waals surface area contributed by atoms with E-state index in [9.17, 15) is 10.1 Å². The second-order valence-electron chi connectivity index (χ2n) is 7.52. The van der Waals surface area contributed by atoms with E-state index in [0.29, 0.717) is 5.56 Å². The fourth-order valence-electron chi connectivity index (χ4n) is 3.97. The van der Waals surface area contributed by atoms with Crippen LogP contribution >= 0.6 is 0 Å². The molecule has 0 radical (unpaired) electrons. The molecule has 1 aromatic heterocycles. The summed E-state index contributed by atoms with van der Waals surface area (Å²) in [5.74, 6) is 0.245. The number of benzene rings is 1. The van der Waals surface area contributed by atoms with Crippen LogP contribution in [0.25, 0.3) is 10.9 Å². The molecule has 1 fully saturated rings. The lowest BCUT2D eigenvalue weighted by Crippen LogP contribution is -2.41. The van der Waals surface area contributed by atoms with Gasteiger partial charge in [0.05, 0.1) is 16.8 Å². The first-order valence-corrected chi connectivity index (χ1v) is 9.87. The number of aryl methyl sites for hydroxylation is 2. The summed E-state index contributed by atoms with van der Waals surface area (Å²) in [4.78, 5) is 19.1. The van der Waals surface area contributed by atoms with Crippen LogP contribution in [0.3, 0.4) is 0 Å². The fraction of sp³-hybridized carbons (Fsp3) is 0.500. The van der Waals surface area contributed by atoms with Crippen molar-refractivity contribution in [2.75, 3.05) is 24.5 Å². The van der Waals surface area contributed by atoms with Crippen molar-refractivity contribution in [3.63, 3.8) is 0 Å². The van der Waals surface area contributed by atoms with Gasteiger partial charge in [-0.1, -0.05) is 25.0 Å². The number of amides is 1. The first-order chi connectivity index (χ1) is 13.0. The molecule has 0 unspecified atom stereocenters. The Kier molecular flexibility index (Phi) is 5.95. The lowest BCUT2D eigenvalue weighted by Gasteiger charge is -2.34. The van der Waals surface area contributed by atoms with Crippen molar-refractivity contribution in [3.8, 4) is 6.07 Å². The summed E-state index contributed by atoms with van der Waals surface area (Å²) in [5, 5.41) is 13.7. The first-order valence-electron chi connectivity index (χ1n) is 9.87. The van der Waals surface area contributed by atoms with Crippen molar-refractivity contribution in [2.45, 2.75) is 46.5 Å². The molecular weight excluding hydrogens is 336 g/mol. The van der Waals surface area contributed by atoms with Crippen LogP contribution in [-0.4, -0.2) is 30.5 Å². The maximum atomic E-state index is 12.3. The number of hydrogen-bond acceptors (Lipinski definition) is 4. The largest absolute Gasteiger partial charge is 0.370 e. The van der Waals surface area contributed by atoms with Gasteiger partial charge in [0, 0.05) is 37.1 Å². The molecule has 5 nitrogen and oxygen atoms in total. The minimum atomic E-state index is 0.0696. The lowest BCUT2D eigenvalue weighted by atomic mass is 9.94. The molecule has 1 aliphatic heterocycles. The van der Waals surface area contributed by atoms with Crippen LogP contribution in [0.4, 0.5) is 5.69 Å². The number of pyridine rings is 1. The Morgan fingerprint density at radius 2 is 2.07 bits per heavy atom. The second kappa shape index (κ2) is 8.39. The number of anilines is 1. The normalized spacial score (nSPS) is 15.0. The van der Waals surface area contributed by atoms with Gasteiger partial charge in [-0.25, -0.2) is 0 Å². The van der Waals surface area contributed by atoms with Gasteiger partial charge < -0.3 is 10.2 Å². The monoisotopic (exact) mass is 364 g/mol. The van der Waals surface area contributed by atoms with Crippen molar-refractivity contribution in [1.29, 1.82) is 5.26 Å². The van der Waals surface area contributed by atoms with Crippen molar-refractivity contribution in [2.24, 2.45) is 5.92 Å². The van der Waals surface area contributed by atoms with E-state index < -0.39 is 0 Å². The maximum absolute atomic E-state index is 12.3. The minimum absolute atomic E-state index is 0.0696. The Morgan fingerprint density at radius 1 is 1.33 bits per heavy atom. The SMILES string of the molecule is CCCCNC(=O)C1CCN(c2c(C#N)cnc3c(C)cc(C)cc23)CC1. The van der Waals surface area contributed by atoms with E-state index in [1.807, 2.05) is 0 Å². The minimum Gasteiger partial charge on any atom is -0.370 e. The van der Waals surface area contributed by atoms with E-state index in [-0.39, 0.29) is 11.8 Å². The molecule has 5 heteroatoms. The summed E-state index contributed by atoms with van der Waals surface area (Å²) < 4.78 is 0. The number of carbonyl (C=O) groups is 1. The number of rotatable bonds is 5. The van der Waals surface area contributed by atoms with Crippen molar-refractivity contribution in [3.05, 3.63) is 35.0 Å². The molecule has 0 spiro atoms. The van der Waals surface area contributed by atoms with E-state index in [1.165, 1.54) is 5.56 Å². The van der Waals surface area contributed by atoms with Gasteiger partial charge in [-0.2, -0.15) is 5.26 Å². The van der Waals surface area contributed by atoms with Crippen LogP contribution in [0.2, 0.25) is 0 Å². The Hall–Kier alpha value is -2.61. The zero-order valence-electron chi connectivity index (χ0n) is 16.5. The zero-order valence-corrected chi connectivity index (χ0v) is 16.5. The van der Waals surface area contributed by atoms with Crippen molar-refractivity contribution in [1.82, 2.24) is 10.3 Å². The van der Waals surface area contributed by atoms with Crippen LogP contribution in [0.5, 0.6) is 0 Å². The number of nitriles is 1.